The summed E-state index contributed by atoms with van der Waals surface area (Å²) in [6.45, 7) is 2.47. The molecule has 1 heterocycles. The summed E-state index contributed by atoms with van der Waals surface area (Å²) in [5.74, 6) is 0. The molecule has 0 unspecified atom stereocenters. The maximum absolute atomic E-state index is 12.6. The van der Waals surface area contributed by atoms with Crippen LogP contribution in [0, 0.1) is 18.3 Å². The van der Waals surface area contributed by atoms with E-state index in [0.717, 1.165) is 0 Å². The van der Waals surface area contributed by atoms with E-state index in [1.54, 1.807) is 13.0 Å². The van der Waals surface area contributed by atoms with Gasteiger partial charge >= 0.3 is 0 Å². The zero-order valence-electron chi connectivity index (χ0n) is 11.4. The summed E-state index contributed by atoms with van der Waals surface area (Å²) < 4.78 is 26.4. The number of sulfonamides is 1. The molecule has 0 aliphatic carbocycles. The third-order valence-electron chi connectivity index (χ3n) is 3.58. The Bertz CT molecular complexity index is 651. The fourth-order valence-electron chi connectivity index (χ4n) is 2.36. The van der Waals surface area contributed by atoms with Crippen molar-refractivity contribution in [2.24, 2.45) is 0 Å². The third kappa shape index (κ3) is 2.55. The van der Waals surface area contributed by atoms with Gasteiger partial charge in [0.2, 0.25) is 10.0 Å². The number of aliphatic hydroxyl groups excluding tert-OH is 1. The van der Waals surface area contributed by atoms with Crippen molar-refractivity contribution in [2.45, 2.75) is 24.0 Å². The smallest absolute Gasteiger partial charge is 0.243 e. The zero-order chi connectivity index (χ0) is 14.9. The Morgan fingerprint density at radius 1 is 1.45 bits per heavy atom. The Labute approximate surface area is 118 Å². The summed E-state index contributed by atoms with van der Waals surface area (Å²) in [5.41, 5.74) is 0.947. The molecule has 1 saturated heterocycles. The highest BCUT2D eigenvalue weighted by atomic mass is 32.2. The van der Waals surface area contributed by atoms with Gasteiger partial charge in [0, 0.05) is 20.1 Å². The molecule has 0 spiro atoms. The highest BCUT2D eigenvalue weighted by molar-refractivity contribution is 7.89. The number of likely N-dealkylation sites (N-methyl/N-ethyl adjacent to an activating group) is 1. The molecule has 2 rings (SSSR count). The molecule has 2 N–H and O–H groups in total. The molecule has 1 aliphatic heterocycles. The third-order valence-corrected chi connectivity index (χ3v) is 5.62. The Hall–Kier alpha value is -1.46. The van der Waals surface area contributed by atoms with E-state index in [4.69, 9.17) is 5.26 Å². The average Bonchev–Trinajstić information content (AvgIpc) is 2.83. The van der Waals surface area contributed by atoms with E-state index in [-0.39, 0.29) is 4.90 Å². The van der Waals surface area contributed by atoms with E-state index in [0.29, 0.717) is 24.2 Å². The summed E-state index contributed by atoms with van der Waals surface area (Å²) in [7, 11) is -2.22. The fraction of sp³-hybridized carbons (Fsp3) is 0.462. The lowest BCUT2D eigenvalue weighted by Gasteiger charge is -2.26. The van der Waals surface area contributed by atoms with Crippen LogP contribution in [-0.4, -0.2) is 50.1 Å². The maximum Gasteiger partial charge on any atom is 0.243 e. The van der Waals surface area contributed by atoms with Crippen LogP contribution in [0.1, 0.15) is 11.1 Å². The molecule has 0 radical (unpaired) electrons. The van der Waals surface area contributed by atoms with Crippen molar-refractivity contribution in [3.05, 3.63) is 29.3 Å². The first kappa shape index (κ1) is 14.9. The fourth-order valence-corrected chi connectivity index (χ4v) is 3.95. The van der Waals surface area contributed by atoms with Crippen LogP contribution in [0.15, 0.2) is 23.1 Å². The molecule has 6 nitrogen and oxygen atoms in total. The average molecular weight is 295 g/mol. The molecule has 1 fully saturated rings. The van der Waals surface area contributed by atoms with Crippen LogP contribution in [0.3, 0.4) is 0 Å². The number of rotatable bonds is 3. The second-order valence-electron chi connectivity index (χ2n) is 4.91. The summed E-state index contributed by atoms with van der Waals surface area (Å²) in [5, 5.41) is 21.6. The van der Waals surface area contributed by atoms with E-state index < -0.39 is 22.2 Å². The summed E-state index contributed by atoms with van der Waals surface area (Å²) in [6, 6.07) is 5.97. The standard InChI is InChI=1S/C13H17N3O3S/c1-9-5-10(6-14)3-4-13(9)20(18,19)16(2)11-7-15-8-12(11)17/h3-5,11-12,15,17H,7-8H2,1-2H3/t11-,12-/m0/s1. The van der Waals surface area contributed by atoms with Gasteiger partial charge in [-0.05, 0) is 30.7 Å². The predicted octanol–water partition coefficient (Wildman–Crippen LogP) is -0.180. The number of hydrogen-bond donors (Lipinski definition) is 2. The monoisotopic (exact) mass is 295 g/mol. The number of nitriles is 1. The molecule has 0 amide bonds. The number of nitrogens with one attached hydrogen (secondary N) is 1. The topological polar surface area (TPSA) is 93.4 Å². The lowest BCUT2D eigenvalue weighted by atomic mass is 10.2. The molecule has 0 bridgehead atoms. The molecule has 2 atom stereocenters. The second kappa shape index (κ2) is 5.50. The number of hydrogen-bond acceptors (Lipinski definition) is 5. The minimum Gasteiger partial charge on any atom is -0.390 e. The molecular formula is C13H17N3O3S. The van der Waals surface area contributed by atoms with Crippen molar-refractivity contribution in [1.29, 1.82) is 5.26 Å². The van der Waals surface area contributed by atoms with Crippen molar-refractivity contribution in [3.8, 4) is 6.07 Å². The Balaban J connectivity index is 2.38. The molecule has 1 aromatic carbocycles. The molecular weight excluding hydrogens is 278 g/mol. The molecule has 1 aromatic rings. The molecule has 20 heavy (non-hydrogen) atoms. The second-order valence-corrected chi connectivity index (χ2v) is 6.87. The van der Waals surface area contributed by atoms with Crippen molar-refractivity contribution in [2.75, 3.05) is 20.1 Å². The largest absolute Gasteiger partial charge is 0.390 e. The minimum atomic E-state index is -3.69. The van der Waals surface area contributed by atoms with E-state index in [1.807, 2.05) is 6.07 Å². The number of benzene rings is 1. The van der Waals surface area contributed by atoms with Crippen LogP contribution in [-0.2, 0) is 10.0 Å². The van der Waals surface area contributed by atoms with Crippen LogP contribution in [0.4, 0.5) is 0 Å². The van der Waals surface area contributed by atoms with Crippen LogP contribution >= 0.6 is 0 Å². The van der Waals surface area contributed by atoms with Gasteiger partial charge in [0.05, 0.1) is 28.7 Å². The SMILES string of the molecule is Cc1cc(C#N)ccc1S(=O)(=O)N(C)[C@H]1CNC[C@@H]1O. The van der Waals surface area contributed by atoms with Crippen LogP contribution in [0.5, 0.6) is 0 Å². The van der Waals surface area contributed by atoms with Crippen molar-refractivity contribution >= 4 is 10.0 Å². The van der Waals surface area contributed by atoms with Crippen molar-refractivity contribution in [3.63, 3.8) is 0 Å². The number of nitrogens with zero attached hydrogens (tertiary/aromatic N) is 2. The maximum atomic E-state index is 12.6. The highest BCUT2D eigenvalue weighted by Gasteiger charge is 2.36. The predicted molar refractivity (Wildman–Crippen MR) is 73.5 cm³/mol. The van der Waals surface area contributed by atoms with Gasteiger partial charge in [-0.1, -0.05) is 0 Å². The summed E-state index contributed by atoms with van der Waals surface area (Å²) in [6.07, 6.45) is -0.714. The van der Waals surface area contributed by atoms with Gasteiger partial charge in [0.15, 0.2) is 0 Å². The number of aryl methyl sites for hydroxylation is 1. The molecule has 7 heteroatoms. The molecule has 0 aromatic heterocycles. The van der Waals surface area contributed by atoms with Crippen molar-refractivity contribution < 1.29 is 13.5 Å². The number of β-amino-alcohol motifs (C(OH)–C–C–N with tert-alkyl or cyclic N) is 1. The van der Waals surface area contributed by atoms with E-state index in [1.165, 1.54) is 23.5 Å². The molecule has 108 valence electrons. The lowest BCUT2D eigenvalue weighted by Crippen LogP contribution is -2.44. The summed E-state index contributed by atoms with van der Waals surface area (Å²) >= 11 is 0. The highest BCUT2D eigenvalue weighted by Crippen LogP contribution is 2.23. The van der Waals surface area contributed by atoms with Crippen LogP contribution in [0.25, 0.3) is 0 Å². The lowest BCUT2D eigenvalue weighted by molar-refractivity contribution is 0.136. The summed E-state index contributed by atoms with van der Waals surface area (Å²) in [4.78, 5) is 0.165. The van der Waals surface area contributed by atoms with E-state index in [2.05, 4.69) is 5.32 Å². The van der Waals surface area contributed by atoms with Gasteiger partial charge in [0.1, 0.15) is 0 Å². The normalized spacial score (nSPS) is 22.9. The Morgan fingerprint density at radius 3 is 2.65 bits per heavy atom. The van der Waals surface area contributed by atoms with Crippen molar-refractivity contribution in [1.82, 2.24) is 9.62 Å². The van der Waals surface area contributed by atoms with Gasteiger partial charge < -0.3 is 10.4 Å². The molecule has 1 aliphatic rings. The first-order chi connectivity index (χ1) is 9.37. The van der Waals surface area contributed by atoms with Gasteiger partial charge in [0.25, 0.3) is 0 Å². The Morgan fingerprint density at radius 2 is 2.15 bits per heavy atom. The minimum absolute atomic E-state index is 0.165. The van der Waals surface area contributed by atoms with Gasteiger partial charge in [-0.2, -0.15) is 9.57 Å². The van der Waals surface area contributed by atoms with E-state index >= 15 is 0 Å². The van der Waals surface area contributed by atoms with Gasteiger partial charge in [-0.3, -0.25) is 0 Å². The Kier molecular flexibility index (Phi) is 4.11. The van der Waals surface area contributed by atoms with Gasteiger partial charge in [-0.15, -0.1) is 0 Å². The van der Waals surface area contributed by atoms with Crippen LogP contribution in [0.2, 0.25) is 0 Å². The van der Waals surface area contributed by atoms with E-state index in [9.17, 15) is 13.5 Å². The zero-order valence-corrected chi connectivity index (χ0v) is 12.2. The quantitative estimate of drug-likeness (QED) is 0.807. The first-order valence-electron chi connectivity index (χ1n) is 6.25. The molecule has 0 saturated carbocycles. The number of aliphatic hydroxyl groups is 1. The van der Waals surface area contributed by atoms with Gasteiger partial charge in [-0.25, -0.2) is 8.42 Å². The van der Waals surface area contributed by atoms with Crippen LogP contribution < -0.4 is 5.32 Å². The first-order valence-corrected chi connectivity index (χ1v) is 7.69.